The Morgan fingerprint density at radius 1 is 1.24 bits per heavy atom. The highest BCUT2D eigenvalue weighted by Gasteiger charge is 2.26. The van der Waals surface area contributed by atoms with E-state index in [0.717, 1.165) is 0 Å². The minimum atomic E-state index is -1.57. The highest BCUT2D eigenvalue weighted by molar-refractivity contribution is 6.29. The third-order valence-electron chi connectivity index (χ3n) is 2.37. The van der Waals surface area contributed by atoms with E-state index >= 15 is 0 Å². The van der Waals surface area contributed by atoms with Crippen molar-refractivity contribution in [2.75, 3.05) is 5.32 Å². The van der Waals surface area contributed by atoms with Gasteiger partial charge in [-0.1, -0.05) is 11.6 Å². The summed E-state index contributed by atoms with van der Waals surface area (Å²) in [5.74, 6) is -4.16. The molecule has 0 aliphatic rings. The molecule has 2 rings (SSSR count). The molecule has 108 valence electrons. The molecule has 1 amide bonds. The second-order valence-electron chi connectivity index (χ2n) is 3.71. The van der Waals surface area contributed by atoms with Gasteiger partial charge >= 0.3 is 5.69 Å². The Bertz CT molecular complexity index is 724. The number of hydrogen-bond donors (Lipinski definition) is 1. The largest absolute Gasteiger partial charge is 0.305 e. The number of nitrogens with zero attached hydrogens (tertiary/aromatic N) is 3. The third-order valence-corrected chi connectivity index (χ3v) is 2.57. The number of carbonyl (C=O) groups excluding carboxylic acids is 1. The number of rotatable bonds is 3. The van der Waals surface area contributed by atoms with Crippen molar-refractivity contribution in [3.05, 3.63) is 56.7 Å². The fraction of sp³-hybridized carbons (Fsp3) is 0. The number of nitro groups is 1. The zero-order chi connectivity index (χ0) is 15.6. The molecule has 0 aliphatic heterocycles. The van der Waals surface area contributed by atoms with Crippen molar-refractivity contribution >= 4 is 29.0 Å². The van der Waals surface area contributed by atoms with Crippen LogP contribution in [0.15, 0.2) is 24.3 Å². The van der Waals surface area contributed by atoms with Crippen molar-refractivity contribution in [2.45, 2.75) is 0 Å². The van der Waals surface area contributed by atoms with Crippen LogP contribution in [0.25, 0.3) is 0 Å². The van der Waals surface area contributed by atoms with Gasteiger partial charge in [0.05, 0.1) is 4.92 Å². The van der Waals surface area contributed by atoms with Gasteiger partial charge in [-0.25, -0.2) is 4.39 Å². The van der Waals surface area contributed by atoms with Gasteiger partial charge in [-0.05, 0) is 18.2 Å². The van der Waals surface area contributed by atoms with Crippen molar-refractivity contribution in [1.29, 1.82) is 0 Å². The Morgan fingerprint density at radius 2 is 1.95 bits per heavy atom. The number of halogens is 3. The van der Waals surface area contributed by atoms with Crippen LogP contribution in [-0.4, -0.2) is 21.0 Å². The first-order valence-electron chi connectivity index (χ1n) is 5.33. The van der Waals surface area contributed by atoms with Crippen LogP contribution in [0.4, 0.5) is 20.3 Å². The maximum absolute atomic E-state index is 13.8. The number of amides is 1. The molecule has 1 aromatic carbocycles. The maximum Gasteiger partial charge on any atom is 0.305 e. The summed E-state index contributed by atoms with van der Waals surface area (Å²) in [5, 5.41) is 19.6. The molecule has 0 aliphatic carbocycles. The quantitative estimate of drug-likeness (QED) is 0.693. The second-order valence-corrected chi connectivity index (χ2v) is 4.10. The summed E-state index contributed by atoms with van der Waals surface area (Å²) < 4.78 is 27.3. The Labute approximate surface area is 120 Å². The predicted octanol–water partition coefficient (Wildman–Crippen LogP) is 2.57. The normalized spacial score (nSPS) is 10.2. The van der Waals surface area contributed by atoms with Crippen LogP contribution in [0.2, 0.25) is 5.15 Å². The molecular formula is C11H5ClF2N4O3. The summed E-state index contributed by atoms with van der Waals surface area (Å²) in [4.78, 5) is 21.3. The van der Waals surface area contributed by atoms with Crippen molar-refractivity contribution in [3.8, 4) is 0 Å². The summed E-state index contributed by atoms with van der Waals surface area (Å²) in [7, 11) is 0. The van der Waals surface area contributed by atoms with Gasteiger partial charge in [0.1, 0.15) is 11.4 Å². The molecule has 1 heterocycles. The number of nitrogens with one attached hydrogen (secondary N) is 1. The first kappa shape index (κ1) is 14.7. The minimum absolute atomic E-state index is 0.0562. The van der Waals surface area contributed by atoms with Gasteiger partial charge in [-0.3, -0.25) is 14.9 Å². The highest BCUT2D eigenvalue weighted by atomic mass is 35.5. The van der Waals surface area contributed by atoms with Crippen molar-refractivity contribution in [3.63, 3.8) is 0 Å². The summed E-state index contributed by atoms with van der Waals surface area (Å²) in [6, 6.07) is 3.80. The predicted molar refractivity (Wildman–Crippen MR) is 68.0 cm³/mol. The zero-order valence-corrected chi connectivity index (χ0v) is 10.8. The smallest absolute Gasteiger partial charge is 0.305 e. The number of anilines is 1. The molecule has 2 aromatic rings. The number of hydrogen-bond acceptors (Lipinski definition) is 5. The second kappa shape index (κ2) is 5.75. The molecule has 0 saturated carbocycles. The van der Waals surface area contributed by atoms with Crippen molar-refractivity contribution < 1.29 is 18.5 Å². The van der Waals surface area contributed by atoms with E-state index in [-0.39, 0.29) is 11.0 Å². The molecule has 10 heteroatoms. The molecule has 0 radical (unpaired) electrons. The van der Waals surface area contributed by atoms with Gasteiger partial charge < -0.3 is 5.32 Å². The van der Waals surface area contributed by atoms with Gasteiger partial charge in [0, 0.05) is 6.07 Å². The van der Waals surface area contributed by atoms with E-state index in [1.165, 1.54) is 12.1 Å². The molecule has 7 nitrogen and oxygen atoms in total. The van der Waals surface area contributed by atoms with E-state index in [1.54, 1.807) is 0 Å². The molecule has 1 aromatic heterocycles. The molecule has 0 spiro atoms. The third kappa shape index (κ3) is 3.08. The first-order valence-corrected chi connectivity index (χ1v) is 5.71. The topological polar surface area (TPSA) is 98.0 Å². The van der Waals surface area contributed by atoms with Crippen LogP contribution in [0.1, 0.15) is 10.4 Å². The van der Waals surface area contributed by atoms with E-state index in [1.807, 2.05) is 0 Å². The molecule has 0 fully saturated rings. The van der Waals surface area contributed by atoms with E-state index in [2.05, 4.69) is 15.5 Å². The van der Waals surface area contributed by atoms with Crippen LogP contribution < -0.4 is 5.32 Å². The number of benzene rings is 1. The number of nitro benzene ring substituents is 1. The molecule has 0 saturated heterocycles. The average Bonchev–Trinajstić information content (AvgIpc) is 2.41. The number of carbonyl (C=O) groups is 1. The van der Waals surface area contributed by atoms with Gasteiger partial charge in [0.25, 0.3) is 5.91 Å². The standard InChI is InChI=1S/C11H5ClF2N4O3/c12-7-3-4-8(17-16-7)15-11(19)9-5(13)1-2-6(10(9)14)18(20)21/h1-4H,(H,15,17,19). The molecule has 0 atom stereocenters. The fourth-order valence-electron chi connectivity index (χ4n) is 1.45. The maximum atomic E-state index is 13.8. The Hall–Kier alpha value is -2.68. The monoisotopic (exact) mass is 314 g/mol. The van der Waals surface area contributed by atoms with Gasteiger partial charge in [0.15, 0.2) is 11.0 Å². The minimum Gasteiger partial charge on any atom is -0.305 e. The Morgan fingerprint density at radius 3 is 2.52 bits per heavy atom. The van der Waals surface area contributed by atoms with Crippen LogP contribution in [0, 0.1) is 21.7 Å². The van der Waals surface area contributed by atoms with Crippen molar-refractivity contribution in [2.24, 2.45) is 0 Å². The summed E-state index contributed by atoms with van der Waals surface area (Å²) >= 11 is 5.49. The van der Waals surface area contributed by atoms with E-state index in [0.29, 0.717) is 12.1 Å². The van der Waals surface area contributed by atoms with Crippen LogP contribution in [0.3, 0.4) is 0 Å². The van der Waals surface area contributed by atoms with Crippen LogP contribution in [-0.2, 0) is 0 Å². The Kier molecular flexibility index (Phi) is 4.03. The van der Waals surface area contributed by atoms with E-state index < -0.39 is 33.7 Å². The lowest BCUT2D eigenvalue weighted by Crippen LogP contribution is -2.17. The highest BCUT2D eigenvalue weighted by Crippen LogP contribution is 2.23. The average molecular weight is 315 g/mol. The van der Waals surface area contributed by atoms with Gasteiger partial charge in [-0.2, -0.15) is 4.39 Å². The Balaban J connectivity index is 2.37. The van der Waals surface area contributed by atoms with Gasteiger partial charge in [0.2, 0.25) is 5.82 Å². The lowest BCUT2D eigenvalue weighted by atomic mass is 10.1. The zero-order valence-electron chi connectivity index (χ0n) is 10.0. The molecule has 0 unspecified atom stereocenters. The molecule has 1 N–H and O–H groups in total. The number of aromatic nitrogens is 2. The summed E-state index contributed by atoms with van der Waals surface area (Å²) in [6.45, 7) is 0. The van der Waals surface area contributed by atoms with Crippen molar-refractivity contribution in [1.82, 2.24) is 10.2 Å². The van der Waals surface area contributed by atoms with E-state index in [9.17, 15) is 23.7 Å². The van der Waals surface area contributed by atoms with Gasteiger partial charge in [-0.15, -0.1) is 10.2 Å². The molecule has 0 bridgehead atoms. The van der Waals surface area contributed by atoms with E-state index in [4.69, 9.17) is 11.6 Å². The summed E-state index contributed by atoms with van der Waals surface area (Å²) in [6.07, 6.45) is 0. The lowest BCUT2D eigenvalue weighted by Gasteiger charge is -2.06. The molecular weight excluding hydrogens is 310 g/mol. The SMILES string of the molecule is O=C(Nc1ccc(Cl)nn1)c1c(F)ccc([N+](=O)[O-])c1F. The van der Waals surface area contributed by atoms with Crippen LogP contribution >= 0.6 is 11.6 Å². The summed E-state index contributed by atoms with van der Waals surface area (Å²) in [5.41, 5.74) is -2.09. The molecule has 21 heavy (non-hydrogen) atoms. The fourth-order valence-corrected chi connectivity index (χ4v) is 1.55. The first-order chi connectivity index (χ1) is 9.90. The lowest BCUT2D eigenvalue weighted by molar-refractivity contribution is -0.387. The van der Waals surface area contributed by atoms with Crippen LogP contribution in [0.5, 0.6) is 0 Å².